The van der Waals surface area contributed by atoms with Crippen molar-refractivity contribution in [1.82, 2.24) is 15.1 Å². The van der Waals surface area contributed by atoms with Crippen LogP contribution in [0.1, 0.15) is 33.3 Å². The molecule has 1 N–H and O–H groups in total. The average Bonchev–Trinajstić information content (AvgIpc) is 2.53. The Hall–Kier alpha value is -1.59. The Bertz CT molecular complexity index is 491. The molecule has 128 valence electrons. The summed E-state index contributed by atoms with van der Waals surface area (Å²) >= 11 is 0. The molecule has 1 fully saturated rings. The average molecular weight is 319 g/mol. The summed E-state index contributed by atoms with van der Waals surface area (Å²) in [6.07, 6.45) is -0.375. The van der Waals surface area contributed by atoms with E-state index in [0.717, 1.165) is 31.7 Å². The zero-order valence-corrected chi connectivity index (χ0v) is 14.7. The fraction of sp³-hybridized carbons (Fsp3) is 0.611. The molecule has 0 radical (unpaired) electrons. The SMILES string of the molecule is CC(NC(=O)OCc1ccccc1)N1CCN(C(C)(C)C)CC1. The number of hydrogen-bond acceptors (Lipinski definition) is 4. The molecule has 2 rings (SSSR count). The van der Waals surface area contributed by atoms with Gasteiger partial charge in [0.25, 0.3) is 0 Å². The van der Waals surface area contributed by atoms with E-state index in [1.165, 1.54) is 0 Å². The van der Waals surface area contributed by atoms with E-state index < -0.39 is 0 Å². The highest BCUT2D eigenvalue weighted by Gasteiger charge is 2.28. The number of nitrogens with one attached hydrogen (secondary N) is 1. The molecular formula is C18H29N3O2. The van der Waals surface area contributed by atoms with Crippen LogP contribution in [0.3, 0.4) is 0 Å². The summed E-state index contributed by atoms with van der Waals surface area (Å²) in [5, 5.41) is 2.92. The Morgan fingerprint density at radius 3 is 2.35 bits per heavy atom. The smallest absolute Gasteiger partial charge is 0.408 e. The maximum atomic E-state index is 11.9. The van der Waals surface area contributed by atoms with Crippen molar-refractivity contribution in [2.75, 3.05) is 26.2 Å². The topological polar surface area (TPSA) is 44.8 Å². The second-order valence-corrected chi connectivity index (χ2v) is 7.08. The minimum absolute atomic E-state index is 0.0135. The lowest BCUT2D eigenvalue weighted by Gasteiger charge is -2.43. The first-order valence-electron chi connectivity index (χ1n) is 8.32. The normalized spacial score (nSPS) is 18.4. The molecule has 1 aliphatic heterocycles. The second kappa shape index (κ2) is 7.79. The number of amides is 1. The molecule has 5 heteroatoms. The molecule has 0 spiro atoms. The highest BCUT2D eigenvalue weighted by atomic mass is 16.5. The Balaban J connectivity index is 1.72. The van der Waals surface area contributed by atoms with Gasteiger partial charge in [-0.05, 0) is 33.3 Å². The van der Waals surface area contributed by atoms with Crippen LogP contribution in [0.2, 0.25) is 0 Å². The lowest BCUT2D eigenvalue weighted by atomic mass is 10.0. The molecule has 1 aliphatic rings. The van der Waals surface area contributed by atoms with E-state index in [0.29, 0.717) is 6.61 Å². The van der Waals surface area contributed by atoms with Crippen LogP contribution in [0.5, 0.6) is 0 Å². The minimum atomic E-state index is -0.361. The van der Waals surface area contributed by atoms with Crippen molar-refractivity contribution < 1.29 is 9.53 Å². The van der Waals surface area contributed by atoms with Gasteiger partial charge in [-0.3, -0.25) is 9.80 Å². The zero-order valence-electron chi connectivity index (χ0n) is 14.7. The molecule has 0 bridgehead atoms. The number of ether oxygens (including phenoxy) is 1. The number of rotatable bonds is 4. The van der Waals surface area contributed by atoms with Crippen molar-refractivity contribution in [2.45, 2.75) is 46.0 Å². The quantitative estimate of drug-likeness (QED) is 0.927. The number of piperazine rings is 1. The van der Waals surface area contributed by atoms with Crippen LogP contribution in [0.4, 0.5) is 4.79 Å². The van der Waals surface area contributed by atoms with E-state index in [9.17, 15) is 4.79 Å². The first-order valence-corrected chi connectivity index (χ1v) is 8.32. The molecule has 1 unspecified atom stereocenters. The van der Waals surface area contributed by atoms with Crippen molar-refractivity contribution in [2.24, 2.45) is 0 Å². The van der Waals surface area contributed by atoms with Crippen LogP contribution in [0.25, 0.3) is 0 Å². The van der Waals surface area contributed by atoms with Crippen LogP contribution in [0.15, 0.2) is 30.3 Å². The zero-order chi connectivity index (χ0) is 16.9. The number of hydrogen-bond donors (Lipinski definition) is 1. The van der Waals surface area contributed by atoms with E-state index in [2.05, 4.69) is 35.9 Å². The van der Waals surface area contributed by atoms with E-state index in [1.807, 2.05) is 37.3 Å². The predicted octanol–water partition coefficient (Wildman–Crippen LogP) is 2.67. The number of alkyl carbamates (subject to hydrolysis) is 1. The van der Waals surface area contributed by atoms with E-state index in [4.69, 9.17) is 4.74 Å². The lowest BCUT2D eigenvalue weighted by Crippen LogP contribution is -2.58. The van der Waals surface area contributed by atoms with Gasteiger partial charge in [0.05, 0.1) is 6.17 Å². The summed E-state index contributed by atoms with van der Waals surface area (Å²) in [5.41, 5.74) is 1.20. The van der Waals surface area contributed by atoms with Gasteiger partial charge in [-0.15, -0.1) is 0 Å². The summed E-state index contributed by atoms with van der Waals surface area (Å²) in [4.78, 5) is 16.7. The molecule has 1 atom stereocenters. The summed E-state index contributed by atoms with van der Waals surface area (Å²) in [6.45, 7) is 13.0. The van der Waals surface area contributed by atoms with E-state index in [1.54, 1.807) is 0 Å². The molecule has 1 amide bonds. The van der Waals surface area contributed by atoms with Gasteiger partial charge in [-0.2, -0.15) is 0 Å². The van der Waals surface area contributed by atoms with Gasteiger partial charge in [-0.1, -0.05) is 30.3 Å². The first kappa shape index (κ1) is 17.8. The molecule has 23 heavy (non-hydrogen) atoms. The predicted molar refractivity (Wildman–Crippen MR) is 92.1 cm³/mol. The molecular weight excluding hydrogens is 290 g/mol. The number of benzene rings is 1. The van der Waals surface area contributed by atoms with E-state index in [-0.39, 0.29) is 17.8 Å². The van der Waals surface area contributed by atoms with Crippen molar-refractivity contribution in [3.05, 3.63) is 35.9 Å². The Morgan fingerprint density at radius 1 is 1.17 bits per heavy atom. The molecule has 0 aliphatic carbocycles. The van der Waals surface area contributed by atoms with Crippen molar-refractivity contribution in [3.63, 3.8) is 0 Å². The summed E-state index contributed by atoms with van der Waals surface area (Å²) in [7, 11) is 0. The molecule has 1 heterocycles. The first-order chi connectivity index (χ1) is 10.9. The molecule has 0 aromatic heterocycles. The van der Waals surface area contributed by atoms with E-state index >= 15 is 0 Å². The van der Waals surface area contributed by atoms with Crippen LogP contribution in [-0.4, -0.2) is 53.8 Å². The van der Waals surface area contributed by atoms with Gasteiger partial charge in [0.15, 0.2) is 0 Å². The molecule has 1 aromatic rings. The molecule has 1 aromatic carbocycles. The number of nitrogens with zero attached hydrogens (tertiary/aromatic N) is 2. The van der Waals surface area contributed by atoms with Crippen LogP contribution >= 0.6 is 0 Å². The van der Waals surface area contributed by atoms with Crippen molar-refractivity contribution in [3.8, 4) is 0 Å². The summed E-state index contributed by atoms with van der Waals surface area (Å²) in [5.74, 6) is 0. The third kappa shape index (κ3) is 5.52. The Labute approximate surface area is 139 Å². The van der Waals surface area contributed by atoms with Gasteiger partial charge in [-0.25, -0.2) is 4.79 Å². The Kier molecular flexibility index (Phi) is 6.02. The monoisotopic (exact) mass is 319 g/mol. The maximum absolute atomic E-state index is 11.9. The van der Waals surface area contributed by atoms with Crippen LogP contribution < -0.4 is 5.32 Å². The maximum Gasteiger partial charge on any atom is 0.408 e. The van der Waals surface area contributed by atoms with Gasteiger partial charge in [0, 0.05) is 31.7 Å². The number of carbonyl (C=O) groups is 1. The highest BCUT2D eigenvalue weighted by Crippen LogP contribution is 2.16. The van der Waals surface area contributed by atoms with Gasteiger partial charge in [0.1, 0.15) is 6.61 Å². The molecule has 5 nitrogen and oxygen atoms in total. The van der Waals surface area contributed by atoms with Crippen LogP contribution in [-0.2, 0) is 11.3 Å². The van der Waals surface area contributed by atoms with Gasteiger partial charge in [0.2, 0.25) is 0 Å². The Morgan fingerprint density at radius 2 is 1.78 bits per heavy atom. The van der Waals surface area contributed by atoms with Crippen LogP contribution in [0, 0.1) is 0 Å². The fourth-order valence-corrected chi connectivity index (χ4v) is 2.81. The number of carbonyl (C=O) groups excluding carboxylic acids is 1. The molecule has 1 saturated heterocycles. The highest BCUT2D eigenvalue weighted by molar-refractivity contribution is 5.67. The summed E-state index contributed by atoms with van der Waals surface area (Å²) in [6, 6.07) is 9.72. The minimum Gasteiger partial charge on any atom is -0.445 e. The fourth-order valence-electron chi connectivity index (χ4n) is 2.81. The standard InChI is InChI=1S/C18H29N3O2/c1-15(20-10-12-21(13-11-20)18(2,3)4)19-17(22)23-14-16-8-6-5-7-9-16/h5-9,15H,10-14H2,1-4H3,(H,19,22). The third-order valence-electron chi connectivity index (χ3n) is 4.35. The molecule has 0 saturated carbocycles. The van der Waals surface area contributed by atoms with Crippen molar-refractivity contribution >= 4 is 6.09 Å². The van der Waals surface area contributed by atoms with Crippen molar-refractivity contribution in [1.29, 1.82) is 0 Å². The third-order valence-corrected chi connectivity index (χ3v) is 4.35. The van der Waals surface area contributed by atoms with Gasteiger partial charge < -0.3 is 10.1 Å². The lowest BCUT2D eigenvalue weighted by molar-refractivity contribution is 0.0359. The second-order valence-electron chi connectivity index (χ2n) is 7.08. The summed E-state index contributed by atoms with van der Waals surface area (Å²) < 4.78 is 5.28. The van der Waals surface area contributed by atoms with Gasteiger partial charge >= 0.3 is 6.09 Å². The largest absolute Gasteiger partial charge is 0.445 e.